The van der Waals surface area contributed by atoms with Gasteiger partial charge in [-0.3, -0.25) is 0 Å². The van der Waals surface area contributed by atoms with Crippen molar-refractivity contribution in [2.45, 2.75) is 180 Å². The molecule has 184 valence electrons. The number of hydrogen-bond donors (Lipinski definition) is 1. The average molecular weight is 434 g/mol. The maximum Gasteiger partial charge on any atom is 0.0107 e. The first-order valence-corrected chi connectivity index (χ1v) is 14.6. The lowest BCUT2D eigenvalue weighted by molar-refractivity contribution is 0.515. The Hall–Kier alpha value is -0.640. The van der Waals surface area contributed by atoms with E-state index in [1.807, 2.05) is 0 Å². The van der Waals surface area contributed by atoms with E-state index in [1.54, 1.807) is 0 Å². The van der Waals surface area contributed by atoms with E-state index in [-0.39, 0.29) is 0 Å². The fraction of sp³-hybridized carbons (Fsp3) is 0.933. The average Bonchev–Trinajstić information content (AvgIpc) is 2.78. The van der Waals surface area contributed by atoms with Gasteiger partial charge < -0.3 is 5.73 Å². The van der Waals surface area contributed by atoms with Crippen LogP contribution in [0.2, 0.25) is 0 Å². The molecular weight excluding hydrogens is 374 g/mol. The van der Waals surface area contributed by atoms with Crippen molar-refractivity contribution in [3.63, 3.8) is 0 Å². The molecular formula is C30H59N. The Morgan fingerprint density at radius 1 is 0.355 bits per heavy atom. The van der Waals surface area contributed by atoms with Crippen LogP contribution < -0.4 is 5.73 Å². The molecule has 0 aromatic carbocycles. The van der Waals surface area contributed by atoms with E-state index in [4.69, 9.17) is 5.73 Å². The van der Waals surface area contributed by atoms with Crippen molar-refractivity contribution < 1.29 is 0 Å². The zero-order valence-corrected chi connectivity index (χ0v) is 21.7. The molecule has 0 rings (SSSR count). The number of unbranched alkanes of at least 4 members (excludes halogenated alkanes) is 26. The maximum absolute atomic E-state index is 5.17. The third kappa shape index (κ3) is 29.4. The highest BCUT2D eigenvalue weighted by Crippen LogP contribution is 2.16. The van der Waals surface area contributed by atoms with Crippen molar-refractivity contribution in [3.8, 4) is 12.0 Å². The molecule has 0 atom stereocenters. The molecule has 0 aliphatic carbocycles. The maximum atomic E-state index is 5.17. The van der Waals surface area contributed by atoms with Gasteiger partial charge in [0.2, 0.25) is 0 Å². The standard InChI is InChI=1S/C30H59N/c1-2-3-4-5-6-7-8-9-10-11-12-13-14-15-16-17-18-19-20-21-22-23-24-25-26-27-28-29-30-31/h2-28,31H2,1H3. The van der Waals surface area contributed by atoms with Gasteiger partial charge >= 0.3 is 0 Å². The van der Waals surface area contributed by atoms with Crippen molar-refractivity contribution in [2.24, 2.45) is 5.73 Å². The molecule has 0 aliphatic heterocycles. The van der Waals surface area contributed by atoms with Crippen molar-refractivity contribution in [2.75, 3.05) is 0 Å². The number of nitrogens with two attached hydrogens (primary N) is 1. The summed E-state index contributed by atoms with van der Waals surface area (Å²) in [7, 11) is 0. The van der Waals surface area contributed by atoms with E-state index in [1.165, 1.54) is 167 Å². The summed E-state index contributed by atoms with van der Waals surface area (Å²) < 4.78 is 0. The van der Waals surface area contributed by atoms with E-state index in [0.29, 0.717) is 0 Å². The third-order valence-corrected chi connectivity index (χ3v) is 6.76. The Morgan fingerprint density at radius 2 is 0.581 bits per heavy atom. The fourth-order valence-electron chi connectivity index (χ4n) is 4.60. The quantitative estimate of drug-likeness (QED) is 0.0819. The third-order valence-electron chi connectivity index (χ3n) is 6.76. The second kappa shape index (κ2) is 29.4. The largest absolute Gasteiger partial charge is 0.359 e. The normalized spacial score (nSPS) is 10.9. The topological polar surface area (TPSA) is 26.0 Å². The summed E-state index contributed by atoms with van der Waals surface area (Å²) >= 11 is 0. The Kier molecular flexibility index (Phi) is 28.8. The molecule has 0 amide bonds. The minimum Gasteiger partial charge on any atom is -0.359 e. The van der Waals surface area contributed by atoms with Gasteiger partial charge in [-0.15, -0.1) is 0 Å². The lowest BCUT2D eigenvalue weighted by atomic mass is 10.0. The SMILES string of the molecule is CCCCCCCCCCCCCCCCCCCCCCCCCCCCC#CN. The van der Waals surface area contributed by atoms with E-state index in [9.17, 15) is 0 Å². The summed E-state index contributed by atoms with van der Waals surface area (Å²) in [6.45, 7) is 2.30. The van der Waals surface area contributed by atoms with Crippen LogP contribution in [0.25, 0.3) is 0 Å². The molecule has 1 nitrogen and oxygen atoms in total. The summed E-state index contributed by atoms with van der Waals surface area (Å²) in [5.41, 5.74) is 5.17. The Morgan fingerprint density at radius 3 is 0.806 bits per heavy atom. The molecule has 0 saturated heterocycles. The van der Waals surface area contributed by atoms with E-state index >= 15 is 0 Å². The number of hydrogen-bond acceptors (Lipinski definition) is 1. The molecule has 0 aromatic heterocycles. The lowest BCUT2D eigenvalue weighted by Crippen LogP contribution is -1.85. The van der Waals surface area contributed by atoms with Crippen LogP contribution in [0.1, 0.15) is 180 Å². The van der Waals surface area contributed by atoms with Gasteiger partial charge in [0.05, 0.1) is 0 Å². The first kappa shape index (κ1) is 30.4. The summed E-state index contributed by atoms with van der Waals surface area (Å²) in [5, 5.41) is 0. The van der Waals surface area contributed by atoms with E-state index in [2.05, 4.69) is 18.9 Å². The van der Waals surface area contributed by atoms with E-state index < -0.39 is 0 Å². The van der Waals surface area contributed by atoms with Gasteiger partial charge in [-0.25, -0.2) is 0 Å². The molecule has 0 aromatic rings. The second-order valence-corrected chi connectivity index (χ2v) is 9.91. The van der Waals surface area contributed by atoms with Gasteiger partial charge in [0.1, 0.15) is 0 Å². The Balaban J connectivity index is 3.00. The van der Waals surface area contributed by atoms with Crippen LogP contribution in [-0.2, 0) is 0 Å². The smallest absolute Gasteiger partial charge is 0.0107 e. The van der Waals surface area contributed by atoms with Crippen LogP contribution in [0.15, 0.2) is 0 Å². The zero-order valence-electron chi connectivity index (χ0n) is 21.7. The molecule has 0 saturated carbocycles. The van der Waals surface area contributed by atoms with Gasteiger partial charge in [0, 0.05) is 12.5 Å². The predicted octanol–water partition coefficient (Wildman–Crippen LogP) is 10.5. The minimum atomic E-state index is 0.982. The molecule has 0 fully saturated rings. The highest BCUT2D eigenvalue weighted by molar-refractivity contribution is 4.93. The summed E-state index contributed by atoms with van der Waals surface area (Å²) in [6, 6.07) is 2.49. The first-order valence-electron chi connectivity index (χ1n) is 14.6. The van der Waals surface area contributed by atoms with Gasteiger partial charge in [-0.05, 0) is 6.42 Å². The molecule has 0 bridgehead atoms. The number of rotatable bonds is 26. The summed E-state index contributed by atoms with van der Waals surface area (Å²) in [6.07, 6.45) is 38.6. The van der Waals surface area contributed by atoms with Crippen molar-refractivity contribution in [3.05, 3.63) is 0 Å². The molecule has 0 aliphatic rings. The molecule has 2 N–H and O–H groups in total. The monoisotopic (exact) mass is 433 g/mol. The van der Waals surface area contributed by atoms with E-state index in [0.717, 1.165) is 6.42 Å². The van der Waals surface area contributed by atoms with Crippen molar-refractivity contribution >= 4 is 0 Å². The van der Waals surface area contributed by atoms with Crippen molar-refractivity contribution in [1.29, 1.82) is 0 Å². The molecule has 0 spiro atoms. The lowest BCUT2D eigenvalue weighted by Gasteiger charge is -2.04. The predicted molar refractivity (Wildman–Crippen MR) is 142 cm³/mol. The molecule has 0 unspecified atom stereocenters. The Bertz CT molecular complexity index is 364. The Labute approximate surface area is 198 Å². The van der Waals surface area contributed by atoms with Crippen molar-refractivity contribution in [1.82, 2.24) is 0 Å². The molecule has 31 heavy (non-hydrogen) atoms. The molecule has 0 heterocycles. The van der Waals surface area contributed by atoms with Crippen LogP contribution in [-0.4, -0.2) is 0 Å². The zero-order chi connectivity index (χ0) is 22.5. The van der Waals surface area contributed by atoms with Crippen LogP contribution in [0.5, 0.6) is 0 Å². The second-order valence-electron chi connectivity index (χ2n) is 9.91. The highest BCUT2D eigenvalue weighted by Gasteiger charge is 1.96. The minimum absolute atomic E-state index is 0.982. The van der Waals surface area contributed by atoms with Gasteiger partial charge in [0.25, 0.3) is 0 Å². The van der Waals surface area contributed by atoms with Gasteiger partial charge in [0.15, 0.2) is 0 Å². The van der Waals surface area contributed by atoms with Crippen LogP contribution in [0.4, 0.5) is 0 Å². The van der Waals surface area contributed by atoms with Crippen LogP contribution in [0, 0.1) is 12.0 Å². The summed E-state index contributed by atoms with van der Waals surface area (Å²) in [4.78, 5) is 0. The highest BCUT2D eigenvalue weighted by atomic mass is 14.4. The van der Waals surface area contributed by atoms with Crippen LogP contribution in [0.3, 0.4) is 0 Å². The fourth-order valence-corrected chi connectivity index (χ4v) is 4.60. The van der Waals surface area contributed by atoms with Gasteiger partial charge in [-0.1, -0.05) is 173 Å². The van der Waals surface area contributed by atoms with Crippen LogP contribution >= 0.6 is 0 Å². The summed E-state index contributed by atoms with van der Waals surface area (Å²) in [5.74, 6) is 2.94. The first-order chi connectivity index (χ1) is 15.4. The molecule has 0 radical (unpaired) electrons. The molecule has 1 heteroatoms. The van der Waals surface area contributed by atoms with Gasteiger partial charge in [-0.2, -0.15) is 0 Å².